The van der Waals surface area contributed by atoms with E-state index in [0.29, 0.717) is 33.7 Å². The van der Waals surface area contributed by atoms with Crippen molar-refractivity contribution in [1.29, 1.82) is 0 Å². The lowest BCUT2D eigenvalue weighted by Crippen LogP contribution is -2.52. The number of carbonyl (C=O) groups excluding carboxylic acids is 2. The van der Waals surface area contributed by atoms with Gasteiger partial charge in [0.15, 0.2) is 0 Å². The molecule has 0 radical (unpaired) electrons. The molecule has 0 spiro atoms. The van der Waals surface area contributed by atoms with E-state index in [2.05, 4.69) is 5.32 Å². The van der Waals surface area contributed by atoms with Crippen molar-refractivity contribution in [3.8, 4) is 5.75 Å². The van der Waals surface area contributed by atoms with Gasteiger partial charge in [-0.15, -0.1) is 0 Å². The maximum atomic E-state index is 14.0. The maximum Gasteiger partial charge on any atom is 0.264 e. The monoisotopic (exact) mass is 619 g/mol. The second-order valence-corrected chi connectivity index (χ2v) is 12.5. The number of hydrogen-bond donors (Lipinski definition) is 1. The molecule has 0 saturated carbocycles. The second kappa shape index (κ2) is 14.1. The first kappa shape index (κ1) is 32.2. The summed E-state index contributed by atoms with van der Waals surface area (Å²) in [5, 5.41) is 3.46. The molecule has 41 heavy (non-hydrogen) atoms. The number of carbonyl (C=O) groups is 2. The third-order valence-electron chi connectivity index (χ3n) is 6.31. The van der Waals surface area contributed by atoms with Crippen LogP contribution in [0.1, 0.15) is 38.8 Å². The molecular formula is C30H35Cl2N3O5S. The number of hydrogen-bond acceptors (Lipinski definition) is 5. The van der Waals surface area contributed by atoms with E-state index in [1.165, 1.54) is 17.0 Å². The first-order valence-corrected chi connectivity index (χ1v) is 15.4. The zero-order valence-electron chi connectivity index (χ0n) is 23.7. The van der Waals surface area contributed by atoms with Crippen LogP contribution in [0.2, 0.25) is 10.0 Å². The Morgan fingerprint density at radius 1 is 0.927 bits per heavy atom. The molecular weight excluding hydrogens is 585 g/mol. The summed E-state index contributed by atoms with van der Waals surface area (Å²) in [4.78, 5) is 28.3. The molecule has 0 aliphatic carbocycles. The minimum Gasteiger partial charge on any atom is -0.494 e. The number of aryl methyl sites for hydroxylation is 1. The Hall–Kier alpha value is -3.27. The molecule has 3 aromatic carbocycles. The summed E-state index contributed by atoms with van der Waals surface area (Å²) in [6.07, 6.45) is 0. The maximum absolute atomic E-state index is 14.0. The van der Waals surface area contributed by atoms with Gasteiger partial charge in [-0.1, -0.05) is 47.0 Å². The van der Waals surface area contributed by atoms with Crippen molar-refractivity contribution in [2.24, 2.45) is 0 Å². The Morgan fingerprint density at radius 3 is 2.05 bits per heavy atom. The summed E-state index contributed by atoms with van der Waals surface area (Å²) in [6.45, 7) is 8.68. The predicted molar refractivity (Wildman–Crippen MR) is 163 cm³/mol. The van der Waals surface area contributed by atoms with Gasteiger partial charge in [-0.2, -0.15) is 0 Å². The van der Waals surface area contributed by atoms with Crippen LogP contribution in [0.3, 0.4) is 0 Å². The molecule has 1 N–H and O–H groups in total. The van der Waals surface area contributed by atoms with Crippen LogP contribution >= 0.6 is 23.2 Å². The number of ether oxygens (including phenoxy) is 1. The molecule has 2 amide bonds. The van der Waals surface area contributed by atoms with Gasteiger partial charge in [-0.25, -0.2) is 8.42 Å². The van der Waals surface area contributed by atoms with Crippen LogP contribution in [0.25, 0.3) is 0 Å². The second-order valence-electron chi connectivity index (χ2n) is 9.81. The van der Waals surface area contributed by atoms with Gasteiger partial charge in [0.05, 0.1) is 17.2 Å². The van der Waals surface area contributed by atoms with Gasteiger partial charge in [0.1, 0.15) is 18.3 Å². The average molecular weight is 621 g/mol. The van der Waals surface area contributed by atoms with Crippen molar-refractivity contribution in [1.82, 2.24) is 10.2 Å². The molecule has 3 aromatic rings. The van der Waals surface area contributed by atoms with Crippen LogP contribution in [0.4, 0.5) is 5.69 Å². The van der Waals surface area contributed by atoms with Crippen LogP contribution in [0.5, 0.6) is 5.75 Å². The topological polar surface area (TPSA) is 96.0 Å². The molecule has 0 bridgehead atoms. The van der Waals surface area contributed by atoms with E-state index in [0.717, 1.165) is 9.87 Å². The number of anilines is 1. The summed E-state index contributed by atoms with van der Waals surface area (Å²) < 4.78 is 34.4. The number of nitrogens with one attached hydrogen (secondary N) is 1. The van der Waals surface area contributed by atoms with E-state index in [1.807, 2.05) is 27.7 Å². The summed E-state index contributed by atoms with van der Waals surface area (Å²) >= 11 is 12.8. The fourth-order valence-corrected chi connectivity index (χ4v) is 6.01. The van der Waals surface area contributed by atoms with Crippen LogP contribution in [-0.2, 0) is 26.2 Å². The molecule has 0 heterocycles. The van der Waals surface area contributed by atoms with Crippen LogP contribution < -0.4 is 14.4 Å². The highest BCUT2D eigenvalue weighted by molar-refractivity contribution is 7.92. The molecule has 0 aromatic heterocycles. The number of benzene rings is 3. The fourth-order valence-electron chi connectivity index (χ4n) is 4.08. The summed E-state index contributed by atoms with van der Waals surface area (Å²) in [6, 6.07) is 16.6. The third kappa shape index (κ3) is 8.15. The summed E-state index contributed by atoms with van der Waals surface area (Å²) in [5.74, 6) is -0.479. The van der Waals surface area contributed by atoms with Gasteiger partial charge in [0.2, 0.25) is 11.8 Å². The minimum atomic E-state index is -4.20. The van der Waals surface area contributed by atoms with Crippen molar-refractivity contribution in [2.45, 2.75) is 58.1 Å². The fraction of sp³-hybridized carbons (Fsp3) is 0.333. The Bertz CT molecular complexity index is 1440. The van der Waals surface area contributed by atoms with E-state index in [-0.39, 0.29) is 17.5 Å². The van der Waals surface area contributed by atoms with E-state index in [4.69, 9.17) is 27.9 Å². The molecule has 220 valence electrons. The predicted octanol–water partition coefficient (Wildman–Crippen LogP) is 5.84. The first-order valence-electron chi connectivity index (χ1n) is 13.2. The standard InChI is InChI=1S/C30H35Cl2N3O5S/c1-6-40-24-14-16-25(17-15-24)41(38,39)35(23-12-10-21(4)11-13-23)19-29(36)34(22(5)30(37)33-20(2)3)18-26-27(31)8-7-9-28(26)32/h7-17,20,22H,6,18-19H2,1-5H3,(H,33,37)/t22-/m1/s1. The van der Waals surface area contributed by atoms with Crippen LogP contribution in [0.15, 0.2) is 71.6 Å². The normalized spacial score (nSPS) is 12.1. The van der Waals surface area contributed by atoms with Crippen molar-refractivity contribution in [3.63, 3.8) is 0 Å². The molecule has 11 heteroatoms. The Balaban J connectivity index is 2.05. The number of rotatable bonds is 12. The first-order chi connectivity index (χ1) is 19.3. The van der Waals surface area contributed by atoms with Gasteiger partial charge in [0, 0.05) is 28.2 Å². The molecule has 0 aliphatic heterocycles. The summed E-state index contributed by atoms with van der Waals surface area (Å²) in [5.41, 5.74) is 1.67. The molecule has 8 nitrogen and oxygen atoms in total. The SMILES string of the molecule is CCOc1ccc(S(=O)(=O)N(CC(=O)N(Cc2c(Cl)cccc2Cl)[C@H](C)C(=O)NC(C)C)c2ccc(C)cc2)cc1. The Morgan fingerprint density at radius 2 is 1.51 bits per heavy atom. The highest BCUT2D eigenvalue weighted by Gasteiger charge is 2.33. The lowest BCUT2D eigenvalue weighted by atomic mass is 10.1. The zero-order chi connectivity index (χ0) is 30.3. The van der Waals surface area contributed by atoms with Gasteiger partial charge in [0.25, 0.3) is 10.0 Å². The highest BCUT2D eigenvalue weighted by Crippen LogP contribution is 2.29. The smallest absolute Gasteiger partial charge is 0.264 e. The van der Waals surface area contributed by atoms with E-state index >= 15 is 0 Å². The Kier molecular flexibility index (Phi) is 11.1. The molecule has 3 rings (SSSR count). The quantitative estimate of drug-likeness (QED) is 0.275. The van der Waals surface area contributed by atoms with Crippen LogP contribution in [-0.4, -0.2) is 50.4 Å². The zero-order valence-corrected chi connectivity index (χ0v) is 26.1. The van der Waals surface area contributed by atoms with Crippen molar-refractivity contribution < 1.29 is 22.7 Å². The van der Waals surface area contributed by atoms with Gasteiger partial charge in [-0.3, -0.25) is 13.9 Å². The number of nitrogens with zero attached hydrogens (tertiary/aromatic N) is 2. The van der Waals surface area contributed by atoms with Crippen molar-refractivity contribution >= 4 is 50.7 Å². The van der Waals surface area contributed by atoms with E-state index < -0.39 is 34.4 Å². The molecule has 1 atom stereocenters. The van der Waals surface area contributed by atoms with Crippen molar-refractivity contribution in [2.75, 3.05) is 17.5 Å². The molecule has 0 aliphatic rings. The molecule has 0 unspecified atom stereocenters. The van der Waals surface area contributed by atoms with Gasteiger partial charge in [-0.05, 0) is 83.1 Å². The van der Waals surface area contributed by atoms with Gasteiger partial charge < -0.3 is 15.0 Å². The highest BCUT2D eigenvalue weighted by atomic mass is 35.5. The minimum absolute atomic E-state index is 0.0133. The lowest BCUT2D eigenvalue weighted by Gasteiger charge is -2.32. The van der Waals surface area contributed by atoms with Crippen LogP contribution in [0, 0.1) is 6.92 Å². The Labute approximate surface area is 252 Å². The van der Waals surface area contributed by atoms with E-state index in [1.54, 1.807) is 61.5 Å². The third-order valence-corrected chi connectivity index (χ3v) is 8.81. The van der Waals surface area contributed by atoms with Gasteiger partial charge >= 0.3 is 0 Å². The number of halogens is 2. The van der Waals surface area contributed by atoms with E-state index in [9.17, 15) is 18.0 Å². The summed E-state index contributed by atoms with van der Waals surface area (Å²) in [7, 11) is -4.20. The lowest BCUT2D eigenvalue weighted by molar-refractivity contribution is -0.139. The molecule has 0 fully saturated rings. The number of sulfonamides is 1. The number of amides is 2. The largest absolute Gasteiger partial charge is 0.494 e. The molecule has 0 saturated heterocycles. The van der Waals surface area contributed by atoms with Crippen molar-refractivity contribution in [3.05, 3.63) is 87.9 Å². The average Bonchev–Trinajstić information content (AvgIpc) is 2.92.